The molecule has 0 saturated heterocycles. The van der Waals surface area contributed by atoms with Gasteiger partial charge in [0.15, 0.2) is 44.7 Å². The molecule has 14 heteroatoms. The predicted octanol–water partition coefficient (Wildman–Crippen LogP) is 32.5. The fourth-order valence-corrected chi connectivity index (χ4v) is 20.3. The van der Waals surface area contributed by atoms with E-state index in [1.807, 2.05) is 72.8 Å². The van der Waals surface area contributed by atoms with E-state index in [0.29, 0.717) is 22.2 Å². The summed E-state index contributed by atoms with van der Waals surface area (Å²) in [7, 11) is -1.52. The molecule has 0 spiro atoms. The van der Waals surface area contributed by atoms with Crippen LogP contribution in [0.3, 0.4) is 0 Å². The minimum Gasteiger partial charge on any atom is -0.452 e. The van der Waals surface area contributed by atoms with E-state index in [4.69, 9.17) is 35.3 Å². The number of furan rings is 8. The maximum atomic E-state index is 9.49. The lowest BCUT2D eigenvalue weighted by molar-refractivity contribution is 0.426. The third kappa shape index (κ3) is 12.6. The molecule has 123 heavy (non-hydrogen) atoms. The van der Waals surface area contributed by atoms with Crippen molar-refractivity contribution < 1.29 is 45.4 Å². The quantitative estimate of drug-likeness (QED) is 0.141. The van der Waals surface area contributed by atoms with Gasteiger partial charge in [0.25, 0.3) is 0 Å². The highest BCUT2D eigenvalue weighted by molar-refractivity contribution is 9.11. The average Bonchev–Trinajstić information content (AvgIpc) is 1.60. The smallest absolute Gasteiger partial charge is 0.452 e. The van der Waals surface area contributed by atoms with Crippen molar-refractivity contribution in [2.45, 2.75) is 7.43 Å². The van der Waals surface area contributed by atoms with Crippen LogP contribution >= 0.6 is 47.8 Å². The molecule has 0 aliphatic carbocycles. The van der Waals surface area contributed by atoms with Gasteiger partial charge in [0.2, 0.25) is 0 Å². The Morgan fingerprint density at radius 3 is 0.537 bits per heavy atom. The first kappa shape index (κ1) is 73.9. The molecule has 0 atom stereocenters. The SMILES string of the molecule is Brc1cc(Br)cc(Br)c1.C.OB(O)c1ccc2oc3c(ccc4c5cc(-c6ccccc6)ccc5oc43)c2c1.c1ccc(-c2ccc3oc4c(ccc5c6cc(-c7cc(-c8ccc9oc%10c(ccc%11c%12cc(-c%13ccccc%13)ccc%12oc%11%10)c9c8)cc(-c8ccc9oc%10c(ccc%11c%12cc(-c%13ccccc%13)ccc%12oc%11%10)c9c8)c7)ccc6oc54)c3c2)cc1. The van der Waals surface area contributed by atoms with Crippen LogP contribution < -0.4 is 5.46 Å². The van der Waals surface area contributed by atoms with Crippen LogP contribution in [0.15, 0.2) is 401 Å². The zero-order valence-electron chi connectivity index (χ0n) is 64.4. The Hall–Kier alpha value is -14.2. The van der Waals surface area contributed by atoms with Crippen LogP contribution in [-0.4, -0.2) is 17.2 Å². The molecule has 0 fully saturated rings. The lowest BCUT2D eigenvalue weighted by Crippen LogP contribution is -2.29. The minimum absolute atomic E-state index is 0. The van der Waals surface area contributed by atoms with Gasteiger partial charge >= 0.3 is 7.12 Å². The summed E-state index contributed by atoms with van der Waals surface area (Å²) in [6.45, 7) is 0. The van der Waals surface area contributed by atoms with E-state index in [9.17, 15) is 10.0 Å². The number of halogens is 3. The van der Waals surface area contributed by atoms with E-state index in [2.05, 4.69) is 309 Å². The van der Waals surface area contributed by atoms with E-state index in [1.165, 1.54) is 0 Å². The van der Waals surface area contributed by atoms with Crippen molar-refractivity contribution in [3.8, 4) is 77.9 Å². The van der Waals surface area contributed by atoms with Crippen molar-refractivity contribution in [3.05, 3.63) is 365 Å². The highest BCUT2D eigenvalue weighted by Gasteiger charge is 2.25. The molecule has 2 N–H and O–H groups in total. The first-order valence-electron chi connectivity index (χ1n) is 40.0. The van der Waals surface area contributed by atoms with Crippen LogP contribution in [0.4, 0.5) is 0 Å². The Morgan fingerprint density at radius 2 is 0.341 bits per heavy atom. The summed E-state index contributed by atoms with van der Waals surface area (Å²) >= 11 is 10.1. The second-order valence-electron chi connectivity index (χ2n) is 31.0. The van der Waals surface area contributed by atoms with E-state index < -0.39 is 7.12 Å². The summed E-state index contributed by atoms with van der Waals surface area (Å²) in [6.07, 6.45) is 0. The molecule has 26 aromatic rings. The maximum Gasteiger partial charge on any atom is 0.488 e. The molecule has 0 unspecified atom stereocenters. The first-order chi connectivity index (χ1) is 59.9. The van der Waals surface area contributed by atoms with Gasteiger partial charge in [0.1, 0.15) is 44.7 Å². The lowest BCUT2D eigenvalue weighted by atomic mass is 9.80. The molecule has 8 heterocycles. The molecule has 26 rings (SSSR count). The molecule has 584 valence electrons. The second-order valence-corrected chi connectivity index (χ2v) is 33.8. The summed E-state index contributed by atoms with van der Waals surface area (Å²) in [5.74, 6) is 0. The summed E-state index contributed by atoms with van der Waals surface area (Å²) in [4.78, 5) is 0. The summed E-state index contributed by atoms with van der Waals surface area (Å²) < 4.78 is 55.6. The van der Waals surface area contributed by atoms with Crippen LogP contribution in [0.5, 0.6) is 0 Å². The summed E-state index contributed by atoms with van der Waals surface area (Å²) in [5, 5.41) is 35.0. The summed E-state index contributed by atoms with van der Waals surface area (Å²) in [5.41, 5.74) is 28.1. The Morgan fingerprint density at radius 1 is 0.163 bits per heavy atom. The first-order valence-corrected chi connectivity index (χ1v) is 42.4. The van der Waals surface area contributed by atoms with Crippen LogP contribution in [0.25, 0.3) is 253 Å². The third-order valence-corrected chi connectivity index (χ3v) is 25.2. The molecular weight excluding hydrogens is 1720 g/mol. The number of benzene rings is 18. The Labute approximate surface area is 726 Å². The molecule has 8 aromatic heterocycles. The van der Waals surface area contributed by atoms with E-state index >= 15 is 0 Å². The highest BCUT2D eigenvalue weighted by atomic mass is 79.9. The summed E-state index contributed by atoms with van der Waals surface area (Å²) in [6, 6.07) is 122. The van der Waals surface area contributed by atoms with Gasteiger partial charge in [-0.05, 0) is 259 Å². The van der Waals surface area contributed by atoms with Crippen LogP contribution in [0.2, 0.25) is 0 Å². The molecule has 0 bridgehead atoms. The Balaban J connectivity index is 0.000000185. The number of fused-ring (bicyclic) bond motifs is 28. The standard InChI is InChI=1S/C78H42O6.C24H15BO4.C6H3Br3.CH4/c1-4-10-43(11-5-1)46-16-28-67-61(37-46)55-22-25-58-64-40-49(19-31-70(64)82-76(58)73(55)79-67)52-34-53(50-20-32-71-65(41-50)59-26-23-56-62-38-47(44-12-6-2-7-13-44)17-29-68(62)80-74(56)77(59)83-71)36-54(35-52)51-21-33-72-66(42-51)60-27-24-57-63-39-48(45-14-8-3-9-15-45)18-30-69(63)81-75(57)78(60)84-72;26-25(27)16-7-11-22-20(13-16)18-9-8-17-19-12-15(14-4-2-1-3-5-14)6-10-21(19)28-23(17)24(18)29-22;7-4-1-5(8)3-6(9)2-4;/h1-42H;1-13,26-27H;1-3H;1H4. The van der Waals surface area contributed by atoms with Crippen molar-refractivity contribution >= 4 is 236 Å². The van der Waals surface area contributed by atoms with Crippen LogP contribution in [0, 0.1) is 0 Å². The van der Waals surface area contributed by atoms with Crippen LogP contribution in [0.1, 0.15) is 7.43 Å². The zero-order chi connectivity index (χ0) is 81.1. The number of hydrogen-bond donors (Lipinski definition) is 2. The van der Waals surface area contributed by atoms with Gasteiger partial charge in [-0.25, -0.2) is 0 Å². The monoisotopic (exact) mass is 1780 g/mol. The molecule has 0 radical (unpaired) electrons. The van der Waals surface area contributed by atoms with Crippen molar-refractivity contribution in [2.75, 3.05) is 0 Å². The number of rotatable bonds is 8. The van der Waals surface area contributed by atoms with Gasteiger partial charge in [0, 0.05) is 99.6 Å². The third-order valence-electron chi connectivity index (χ3n) is 23.8. The Kier molecular flexibility index (Phi) is 17.6. The maximum absolute atomic E-state index is 9.49. The van der Waals surface area contributed by atoms with Gasteiger partial charge < -0.3 is 45.4 Å². The molecule has 0 saturated carbocycles. The van der Waals surface area contributed by atoms with E-state index in [1.54, 1.807) is 18.2 Å². The minimum atomic E-state index is -1.52. The van der Waals surface area contributed by atoms with Crippen molar-refractivity contribution in [1.29, 1.82) is 0 Å². The molecule has 0 aliphatic rings. The molecule has 10 nitrogen and oxygen atoms in total. The van der Waals surface area contributed by atoms with Crippen molar-refractivity contribution in [3.63, 3.8) is 0 Å². The van der Waals surface area contributed by atoms with Gasteiger partial charge in [-0.15, -0.1) is 0 Å². The predicted molar refractivity (Wildman–Crippen MR) is 515 cm³/mol. The lowest BCUT2D eigenvalue weighted by Gasteiger charge is -2.12. The average molecular weight is 1780 g/mol. The van der Waals surface area contributed by atoms with Gasteiger partial charge in [-0.1, -0.05) is 231 Å². The van der Waals surface area contributed by atoms with Crippen molar-refractivity contribution in [1.82, 2.24) is 0 Å². The second kappa shape index (κ2) is 29.3. The molecule has 0 amide bonds. The van der Waals surface area contributed by atoms with Gasteiger partial charge in [-0.2, -0.15) is 0 Å². The van der Waals surface area contributed by atoms with Gasteiger partial charge in [-0.3, -0.25) is 0 Å². The van der Waals surface area contributed by atoms with Crippen molar-refractivity contribution in [2.24, 2.45) is 0 Å². The molecule has 0 aliphatic heterocycles. The molecule has 18 aromatic carbocycles. The number of hydrogen-bond acceptors (Lipinski definition) is 10. The topological polar surface area (TPSA) is 146 Å². The van der Waals surface area contributed by atoms with E-state index in [0.717, 1.165) is 250 Å². The fourth-order valence-electron chi connectivity index (χ4n) is 17.9. The Bertz CT molecular complexity index is 8140. The fraction of sp³-hybridized carbons (Fsp3) is 0.00917. The van der Waals surface area contributed by atoms with Gasteiger partial charge in [0.05, 0.1) is 0 Å². The normalized spacial score (nSPS) is 11.9. The highest BCUT2D eigenvalue weighted by Crippen LogP contribution is 2.48. The zero-order valence-corrected chi connectivity index (χ0v) is 69.1. The molecular formula is C109H64BBr3O10. The van der Waals surface area contributed by atoms with E-state index in [-0.39, 0.29) is 7.43 Å². The largest absolute Gasteiger partial charge is 0.488 e. The van der Waals surface area contributed by atoms with Crippen LogP contribution in [-0.2, 0) is 0 Å².